The van der Waals surface area contributed by atoms with E-state index in [9.17, 15) is 9.90 Å². The van der Waals surface area contributed by atoms with E-state index in [1.165, 1.54) is 4.90 Å². The van der Waals surface area contributed by atoms with Crippen LogP contribution in [0.4, 0.5) is 5.82 Å². The van der Waals surface area contributed by atoms with Crippen LogP contribution in [0.2, 0.25) is 5.02 Å². The van der Waals surface area contributed by atoms with E-state index < -0.39 is 5.97 Å². The van der Waals surface area contributed by atoms with Gasteiger partial charge in [-0.1, -0.05) is 16.8 Å². The monoisotopic (exact) mass is 296 g/mol. The SMILES string of the molecule is CN(CCO)c1noc(-c2ccc(Cl)cc2)c1C(=O)O. The molecule has 1 aromatic heterocycles. The number of hydrogen-bond acceptors (Lipinski definition) is 5. The number of benzene rings is 1. The number of hydrogen-bond donors (Lipinski definition) is 2. The highest BCUT2D eigenvalue weighted by atomic mass is 35.5. The molecule has 2 N–H and O–H groups in total. The first-order valence-electron chi connectivity index (χ1n) is 5.85. The average molecular weight is 297 g/mol. The number of halogens is 1. The summed E-state index contributed by atoms with van der Waals surface area (Å²) < 4.78 is 5.15. The molecule has 2 rings (SSSR count). The molecule has 0 aliphatic heterocycles. The van der Waals surface area contributed by atoms with Gasteiger partial charge in [0.2, 0.25) is 0 Å². The van der Waals surface area contributed by atoms with Gasteiger partial charge < -0.3 is 19.6 Å². The highest BCUT2D eigenvalue weighted by molar-refractivity contribution is 6.30. The van der Waals surface area contributed by atoms with Gasteiger partial charge in [-0.05, 0) is 24.3 Å². The van der Waals surface area contributed by atoms with Gasteiger partial charge in [-0.25, -0.2) is 4.79 Å². The molecular formula is C13H13ClN2O4. The van der Waals surface area contributed by atoms with Crippen molar-refractivity contribution in [2.24, 2.45) is 0 Å². The molecule has 0 saturated heterocycles. The summed E-state index contributed by atoms with van der Waals surface area (Å²) in [5.41, 5.74) is 0.534. The van der Waals surface area contributed by atoms with Crippen molar-refractivity contribution >= 4 is 23.4 Å². The van der Waals surface area contributed by atoms with E-state index in [1.54, 1.807) is 31.3 Å². The summed E-state index contributed by atoms with van der Waals surface area (Å²) in [4.78, 5) is 13.0. The Balaban J connectivity index is 2.49. The molecule has 2 aromatic rings. The van der Waals surface area contributed by atoms with Crippen LogP contribution in [0.25, 0.3) is 11.3 Å². The molecule has 0 radical (unpaired) electrons. The number of aromatic nitrogens is 1. The van der Waals surface area contributed by atoms with Gasteiger partial charge in [-0.2, -0.15) is 0 Å². The molecule has 0 fully saturated rings. The molecule has 0 atom stereocenters. The Morgan fingerprint density at radius 3 is 2.60 bits per heavy atom. The lowest BCUT2D eigenvalue weighted by atomic mass is 10.1. The van der Waals surface area contributed by atoms with E-state index >= 15 is 0 Å². The molecule has 0 aliphatic carbocycles. The van der Waals surface area contributed by atoms with Crippen molar-refractivity contribution in [1.29, 1.82) is 0 Å². The van der Waals surface area contributed by atoms with Crippen LogP contribution in [0.1, 0.15) is 10.4 Å². The van der Waals surface area contributed by atoms with E-state index in [2.05, 4.69) is 5.16 Å². The number of anilines is 1. The van der Waals surface area contributed by atoms with E-state index in [-0.39, 0.29) is 30.3 Å². The summed E-state index contributed by atoms with van der Waals surface area (Å²) in [6.45, 7) is 0.144. The Labute approximate surface area is 120 Å². The maximum absolute atomic E-state index is 11.4. The topological polar surface area (TPSA) is 86.8 Å². The fourth-order valence-corrected chi connectivity index (χ4v) is 1.92. The first-order valence-corrected chi connectivity index (χ1v) is 6.23. The highest BCUT2D eigenvalue weighted by Crippen LogP contribution is 2.31. The number of aliphatic hydroxyl groups excluding tert-OH is 1. The molecular weight excluding hydrogens is 284 g/mol. The number of rotatable bonds is 5. The van der Waals surface area contributed by atoms with Gasteiger partial charge >= 0.3 is 5.97 Å². The van der Waals surface area contributed by atoms with Gasteiger partial charge in [-0.3, -0.25) is 0 Å². The van der Waals surface area contributed by atoms with Crippen molar-refractivity contribution in [1.82, 2.24) is 5.16 Å². The van der Waals surface area contributed by atoms with E-state index in [0.29, 0.717) is 10.6 Å². The number of nitrogens with zero attached hydrogens (tertiary/aromatic N) is 2. The maximum atomic E-state index is 11.4. The van der Waals surface area contributed by atoms with Gasteiger partial charge in [0.05, 0.1) is 6.61 Å². The van der Waals surface area contributed by atoms with Crippen LogP contribution < -0.4 is 4.90 Å². The molecule has 0 bridgehead atoms. The van der Waals surface area contributed by atoms with Crippen LogP contribution in [0.15, 0.2) is 28.8 Å². The van der Waals surface area contributed by atoms with E-state index in [1.807, 2.05) is 0 Å². The van der Waals surface area contributed by atoms with E-state index in [4.69, 9.17) is 21.2 Å². The summed E-state index contributed by atoms with van der Waals surface area (Å²) in [5.74, 6) is -0.804. The maximum Gasteiger partial charge on any atom is 0.343 e. The van der Waals surface area contributed by atoms with Gasteiger partial charge in [0.25, 0.3) is 0 Å². The number of aliphatic hydroxyl groups is 1. The van der Waals surface area contributed by atoms with Gasteiger partial charge in [0.15, 0.2) is 17.1 Å². The molecule has 1 aromatic carbocycles. The average Bonchev–Trinajstić information content (AvgIpc) is 2.84. The van der Waals surface area contributed by atoms with Crippen molar-refractivity contribution in [2.45, 2.75) is 0 Å². The minimum atomic E-state index is -1.14. The highest BCUT2D eigenvalue weighted by Gasteiger charge is 2.25. The second-order valence-corrected chi connectivity index (χ2v) is 4.60. The lowest BCUT2D eigenvalue weighted by Gasteiger charge is -2.14. The summed E-state index contributed by atoms with van der Waals surface area (Å²) in [6, 6.07) is 6.60. The largest absolute Gasteiger partial charge is 0.477 e. The van der Waals surface area contributed by atoms with E-state index in [0.717, 1.165) is 0 Å². The van der Waals surface area contributed by atoms with Crippen molar-refractivity contribution in [3.8, 4) is 11.3 Å². The van der Waals surface area contributed by atoms with Gasteiger partial charge in [-0.15, -0.1) is 0 Å². The Morgan fingerprint density at radius 1 is 1.40 bits per heavy atom. The zero-order valence-corrected chi connectivity index (χ0v) is 11.5. The van der Waals surface area contributed by atoms with Gasteiger partial charge in [0, 0.05) is 24.2 Å². The number of carboxylic acids is 1. The second kappa shape index (κ2) is 5.94. The van der Waals surface area contributed by atoms with Gasteiger partial charge in [0.1, 0.15) is 0 Å². The fourth-order valence-electron chi connectivity index (χ4n) is 1.79. The zero-order valence-electron chi connectivity index (χ0n) is 10.7. The van der Waals surface area contributed by atoms with Crippen molar-refractivity contribution in [3.05, 3.63) is 34.9 Å². The molecule has 0 aliphatic rings. The summed E-state index contributed by atoms with van der Waals surface area (Å²) in [7, 11) is 1.63. The smallest absolute Gasteiger partial charge is 0.343 e. The Morgan fingerprint density at radius 2 is 2.05 bits per heavy atom. The third kappa shape index (κ3) is 2.76. The molecule has 1 heterocycles. The molecule has 106 valence electrons. The van der Waals surface area contributed by atoms with Crippen LogP contribution >= 0.6 is 11.6 Å². The standard InChI is InChI=1S/C13H13ClN2O4/c1-16(6-7-17)12-10(13(18)19)11(20-15-12)8-2-4-9(14)5-3-8/h2-5,17H,6-7H2,1H3,(H,18,19). The number of carboxylic acid groups (broad SMARTS) is 1. The molecule has 20 heavy (non-hydrogen) atoms. The summed E-state index contributed by atoms with van der Waals surface area (Å²) in [5, 5.41) is 22.6. The van der Waals surface area contributed by atoms with Crippen LogP contribution in [0, 0.1) is 0 Å². The van der Waals surface area contributed by atoms with Crippen LogP contribution in [-0.2, 0) is 0 Å². The third-order valence-electron chi connectivity index (χ3n) is 2.79. The summed E-state index contributed by atoms with van der Waals surface area (Å²) in [6.07, 6.45) is 0. The fraction of sp³-hybridized carbons (Fsp3) is 0.231. The van der Waals surface area contributed by atoms with Crippen LogP contribution in [0.5, 0.6) is 0 Å². The molecule has 0 amide bonds. The molecule has 7 heteroatoms. The minimum Gasteiger partial charge on any atom is -0.477 e. The number of carbonyl (C=O) groups is 1. The van der Waals surface area contributed by atoms with Crippen LogP contribution in [0.3, 0.4) is 0 Å². The molecule has 0 spiro atoms. The van der Waals surface area contributed by atoms with Crippen molar-refractivity contribution < 1.29 is 19.5 Å². The number of likely N-dealkylation sites (N-methyl/N-ethyl adjacent to an activating group) is 1. The predicted molar refractivity (Wildman–Crippen MR) is 74.3 cm³/mol. The third-order valence-corrected chi connectivity index (χ3v) is 3.04. The Kier molecular flexibility index (Phi) is 4.26. The van der Waals surface area contributed by atoms with Crippen molar-refractivity contribution in [3.63, 3.8) is 0 Å². The predicted octanol–water partition coefficient (Wildman–Crippen LogP) is 2.12. The minimum absolute atomic E-state index is 0.0386. The second-order valence-electron chi connectivity index (χ2n) is 4.17. The molecule has 6 nitrogen and oxygen atoms in total. The Bertz CT molecular complexity index is 609. The Hall–Kier alpha value is -2.05. The quantitative estimate of drug-likeness (QED) is 0.879. The first-order chi connectivity index (χ1) is 9.54. The van der Waals surface area contributed by atoms with Crippen molar-refractivity contribution in [2.75, 3.05) is 25.1 Å². The first kappa shape index (κ1) is 14.4. The zero-order chi connectivity index (χ0) is 14.7. The normalized spacial score (nSPS) is 10.6. The summed E-state index contributed by atoms with van der Waals surface area (Å²) >= 11 is 5.80. The molecule has 0 saturated carbocycles. The van der Waals surface area contributed by atoms with Crippen LogP contribution in [-0.4, -0.2) is 41.5 Å². The molecule has 0 unspecified atom stereocenters. The lowest BCUT2D eigenvalue weighted by molar-refractivity contribution is 0.0697. The number of aromatic carboxylic acids is 1. The lowest BCUT2D eigenvalue weighted by Crippen LogP contribution is -2.23.